The highest BCUT2D eigenvalue weighted by Gasteiger charge is 2.28. The molecule has 0 bridgehead atoms. The molecule has 14 heavy (non-hydrogen) atoms. The van der Waals surface area contributed by atoms with Crippen LogP contribution in [-0.2, 0) is 4.79 Å². The summed E-state index contributed by atoms with van der Waals surface area (Å²) in [4.78, 5) is 13.3. The Morgan fingerprint density at radius 3 is 1.64 bits per heavy atom. The van der Waals surface area contributed by atoms with Crippen LogP contribution in [0.2, 0.25) is 0 Å². The molecule has 2 heteroatoms. The van der Waals surface area contributed by atoms with Crippen LogP contribution in [0, 0.1) is 0 Å². The van der Waals surface area contributed by atoms with E-state index < -0.39 is 0 Å². The molecule has 2 saturated carbocycles. The van der Waals surface area contributed by atoms with Gasteiger partial charge in [0.25, 0.3) is 0 Å². The van der Waals surface area contributed by atoms with Gasteiger partial charge in [-0.05, 0) is 25.7 Å². The smallest absolute Gasteiger partial charge is 0.210 e. The number of hydrogen-bond donors (Lipinski definition) is 0. The van der Waals surface area contributed by atoms with Crippen LogP contribution < -0.4 is 0 Å². The highest BCUT2D eigenvalue weighted by Crippen LogP contribution is 2.29. The van der Waals surface area contributed by atoms with Crippen molar-refractivity contribution in [3.05, 3.63) is 0 Å². The molecule has 80 valence electrons. The Kier molecular flexibility index (Phi) is 3.44. The number of rotatable bonds is 3. The molecular formula is C12H21NO. The lowest BCUT2D eigenvalue weighted by Gasteiger charge is -2.35. The Balaban J connectivity index is 1.92. The number of amides is 1. The van der Waals surface area contributed by atoms with E-state index in [0.29, 0.717) is 12.1 Å². The molecule has 1 amide bonds. The number of nitrogens with zero attached hydrogens (tertiary/aromatic N) is 1. The summed E-state index contributed by atoms with van der Waals surface area (Å²) in [7, 11) is 0. The van der Waals surface area contributed by atoms with Crippen LogP contribution in [0.25, 0.3) is 0 Å². The second kappa shape index (κ2) is 4.81. The van der Waals surface area contributed by atoms with Gasteiger partial charge in [0.05, 0.1) is 0 Å². The van der Waals surface area contributed by atoms with Gasteiger partial charge in [0.1, 0.15) is 0 Å². The van der Waals surface area contributed by atoms with Gasteiger partial charge in [0.15, 0.2) is 0 Å². The molecule has 0 unspecified atom stereocenters. The van der Waals surface area contributed by atoms with Gasteiger partial charge in [-0.3, -0.25) is 4.79 Å². The fraction of sp³-hybridized carbons (Fsp3) is 0.917. The third-order valence-corrected chi connectivity index (χ3v) is 3.86. The zero-order chi connectivity index (χ0) is 9.80. The topological polar surface area (TPSA) is 20.3 Å². The monoisotopic (exact) mass is 195 g/mol. The van der Waals surface area contributed by atoms with Crippen LogP contribution in [0.3, 0.4) is 0 Å². The van der Waals surface area contributed by atoms with E-state index in [4.69, 9.17) is 0 Å². The minimum absolute atomic E-state index is 0.573. The lowest BCUT2D eigenvalue weighted by Crippen LogP contribution is -2.42. The number of carbonyl (C=O) groups excluding carboxylic acids is 1. The van der Waals surface area contributed by atoms with Gasteiger partial charge >= 0.3 is 0 Å². The molecule has 0 aliphatic heterocycles. The molecule has 0 aromatic heterocycles. The van der Waals surface area contributed by atoms with Crippen LogP contribution in [0.1, 0.15) is 57.8 Å². The maximum absolute atomic E-state index is 11.1. The average Bonchev–Trinajstić information content (AvgIpc) is 2.74. The van der Waals surface area contributed by atoms with Crippen LogP contribution in [0.15, 0.2) is 0 Å². The van der Waals surface area contributed by atoms with E-state index in [-0.39, 0.29) is 0 Å². The summed E-state index contributed by atoms with van der Waals surface area (Å²) in [6.07, 6.45) is 12.8. The second-order valence-corrected chi connectivity index (χ2v) is 4.78. The summed E-state index contributed by atoms with van der Waals surface area (Å²) in [6, 6.07) is 1.15. The zero-order valence-electron chi connectivity index (χ0n) is 8.95. The summed E-state index contributed by atoms with van der Waals surface area (Å²) < 4.78 is 0. The Morgan fingerprint density at radius 1 is 0.786 bits per heavy atom. The molecule has 0 atom stereocenters. The quantitative estimate of drug-likeness (QED) is 0.634. The van der Waals surface area contributed by atoms with Gasteiger partial charge in [-0.25, -0.2) is 0 Å². The lowest BCUT2D eigenvalue weighted by atomic mass is 9.93. The standard InChI is InChI=1S/C12H21NO/c14-10-13(12-8-4-5-9-12)11-6-2-1-3-7-11/h10-12H,1-9H2. The van der Waals surface area contributed by atoms with Crippen molar-refractivity contribution in [3.8, 4) is 0 Å². The van der Waals surface area contributed by atoms with Crippen LogP contribution in [0.4, 0.5) is 0 Å². The normalized spacial score (nSPS) is 25.1. The van der Waals surface area contributed by atoms with Crippen molar-refractivity contribution in [2.24, 2.45) is 0 Å². The molecule has 2 aliphatic carbocycles. The van der Waals surface area contributed by atoms with Gasteiger partial charge in [-0.2, -0.15) is 0 Å². The first-order valence-corrected chi connectivity index (χ1v) is 6.14. The largest absolute Gasteiger partial charge is 0.339 e. The predicted octanol–water partition coefficient (Wildman–Crippen LogP) is 2.72. The Morgan fingerprint density at radius 2 is 1.21 bits per heavy atom. The molecular weight excluding hydrogens is 174 g/mol. The van der Waals surface area contributed by atoms with Crippen LogP contribution in [-0.4, -0.2) is 23.4 Å². The Bertz CT molecular complexity index is 181. The average molecular weight is 195 g/mol. The molecule has 0 aromatic carbocycles. The molecule has 2 nitrogen and oxygen atoms in total. The van der Waals surface area contributed by atoms with E-state index in [1.807, 2.05) is 0 Å². The van der Waals surface area contributed by atoms with Gasteiger partial charge in [-0.1, -0.05) is 32.1 Å². The summed E-state index contributed by atoms with van der Waals surface area (Å²) in [5.41, 5.74) is 0. The summed E-state index contributed by atoms with van der Waals surface area (Å²) >= 11 is 0. The van der Waals surface area contributed by atoms with E-state index in [9.17, 15) is 4.79 Å². The van der Waals surface area contributed by atoms with E-state index >= 15 is 0 Å². The molecule has 0 spiro atoms. The maximum atomic E-state index is 11.1. The SMILES string of the molecule is O=CN(C1CCCCC1)C1CCCC1. The van der Waals surface area contributed by atoms with E-state index in [2.05, 4.69) is 4.90 Å². The van der Waals surface area contributed by atoms with Crippen molar-refractivity contribution < 1.29 is 4.79 Å². The van der Waals surface area contributed by atoms with Crippen molar-refractivity contribution in [1.29, 1.82) is 0 Å². The van der Waals surface area contributed by atoms with Gasteiger partial charge < -0.3 is 4.90 Å². The summed E-state index contributed by atoms with van der Waals surface area (Å²) in [6.45, 7) is 0. The van der Waals surface area contributed by atoms with Crippen LogP contribution in [0.5, 0.6) is 0 Å². The van der Waals surface area contributed by atoms with Crippen LogP contribution >= 0.6 is 0 Å². The molecule has 0 saturated heterocycles. The third-order valence-electron chi connectivity index (χ3n) is 3.86. The van der Waals surface area contributed by atoms with E-state index in [1.165, 1.54) is 57.8 Å². The van der Waals surface area contributed by atoms with E-state index in [0.717, 1.165) is 6.41 Å². The fourth-order valence-corrected chi connectivity index (χ4v) is 3.05. The third kappa shape index (κ3) is 2.10. The van der Waals surface area contributed by atoms with Crippen molar-refractivity contribution in [1.82, 2.24) is 4.90 Å². The first kappa shape index (κ1) is 10.0. The number of hydrogen-bond acceptors (Lipinski definition) is 1. The summed E-state index contributed by atoms with van der Waals surface area (Å²) in [5.74, 6) is 0. The fourth-order valence-electron chi connectivity index (χ4n) is 3.05. The van der Waals surface area contributed by atoms with Gasteiger partial charge in [0.2, 0.25) is 6.41 Å². The van der Waals surface area contributed by atoms with Crippen molar-refractivity contribution in [2.75, 3.05) is 0 Å². The summed E-state index contributed by atoms with van der Waals surface area (Å²) in [5, 5.41) is 0. The predicted molar refractivity (Wildman–Crippen MR) is 57.0 cm³/mol. The molecule has 2 aliphatic rings. The zero-order valence-corrected chi connectivity index (χ0v) is 8.95. The van der Waals surface area contributed by atoms with Crippen molar-refractivity contribution in [2.45, 2.75) is 69.9 Å². The molecule has 0 aromatic rings. The Hall–Kier alpha value is -0.530. The maximum Gasteiger partial charge on any atom is 0.210 e. The first-order chi connectivity index (χ1) is 6.92. The van der Waals surface area contributed by atoms with Gasteiger partial charge in [0, 0.05) is 12.1 Å². The van der Waals surface area contributed by atoms with Crippen molar-refractivity contribution in [3.63, 3.8) is 0 Å². The second-order valence-electron chi connectivity index (χ2n) is 4.78. The van der Waals surface area contributed by atoms with Crippen molar-refractivity contribution >= 4 is 6.41 Å². The molecule has 0 radical (unpaired) electrons. The molecule has 0 heterocycles. The highest BCUT2D eigenvalue weighted by atomic mass is 16.1. The highest BCUT2D eigenvalue weighted by molar-refractivity contribution is 5.48. The minimum atomic E-state index is 0.573. The lowest BCUT2D eigenvalue weighted by molar-refractivity contribution is -0.123. The number of carbonyl (C=O) groups is 1. The van der Waals surface area contributed by atoms with E-state index in [1.54, 1.807) is 0 Å². The molecule has 2 fully saturated rings. The van der Waals surface area contributed by atoms with Gasteiger partial charge in [-0.15, -0.1) is 0 Å². The molecule has 2 rings (SSSR count). The molecule has 0 N–H and O–H groups in total. The Labute approximate surface area is 86.7 Å². The minimum Gasteiger partial charge on any atom is -0.339 e. The first-order valence-electron chi connectivity index (χ1n) is 6.14.